The zero-order chi connectivity index (χ0) is 65.2. The van der Waals surface area contributed by atoms with Gasteiger partial charge in [-0.3, -0.25) is 9.59 Å². The molecule has 24 heteroatoms. The summed E-state index contributed by atoms with van der Waals surface area (Å²) in [6.07, 6.45) is 8.12. The van der Waals surface area contributed by atoms with Crippen LogP contribution in [0, 0.1) is 0 Å². The number of carbonyl (C=O) groups is 3. The van der Waals surface area contributed by atoms with Crippen molar-refractivity contribution in [3.63, 3.8) is 0 Å². The lowest BCUT2D eigenvalue weighted by molar-refractivity contribution is 0.0293. The molecular weight excluding hydrogens is 1180 g/mol. The van der Waals surface area contributed by atoms with Gasteiger partial charge in [-0.05, 0) is 136 Å². The van der Waals surface area contributed by atoms with Crippen LogP contribution in [0.5, 0.6) is 34.5 Å². The third-order valence-corrected chi connectivity index (χ3v) is 15.4. The van der Waals surface area contributed by atoms with Crippen molar-refractivity contribution in [2.24, 2.45) is 0 Å². The van der Waals surface area contributed by atoms with Gasteiger partial charge in [0.2, 0.25) is 0 Å². The Hall–Kier alpha value is -11.0. The summed E-state index contributed by atoms with van der Waals surface area (Å²) < 4.78 is 32.7. The van der Waals surface area contributed by atoms with Gasteiger partial charge in [-0.15, -0.1) is 0 Å². The predicted octanol–water partition coefficient (Wildman–Crippen LogP) is 11.2. The standard InChI is InChI=1S/C37H42N8O5.C32H34N8O3/c1-37(2,3)50-36(47)44-20-17-26(23-44)40-33-32-30(16-19-39-34(32)45(42-33)22-24-7-11-28(48-6)12-8-24)49-29-13-9-25(10-14-29)35(46)41-31-21-27(43(4)5)15-18-38-31;1-39(2)24-13-16-34-28(18-24)37-32(41)22-6-10-26(11-7-22)43-27-14-17-35-31-29(27)30(36-23-12-15-33-19-23)38-40(31)20-21-4-8-25(42-3)9-5-21/h7-16,18-19,21,26H,17,20,22-23H2,1-6H3,(H,40,42)(H,38,41,46);4-11,13-14,16-18,23,33H,12,15,19-20H2,1-3H3,(H,36,38)(H,34,37,41)/t26-;23-/m11/s1. The molecule has 5 N–H and O–H groups in total. The number of aromatic nitrogens is 8. The molecule has 24 nitrogen and oxygen atoms in total. The average molecular weight is 1260 g/mol. The van der Waals surface area contributed by atoms with E-state index in [1.165, 1.54) is 0 Å². The first-order chi connectivity index (χ1) is 44.9. The molecule has 12 rings (SSSR count). The molecule has 2 atom stereocenters. The van der Waals surface area contributed by atoms with Gasteiger partial charge in [-0.2, -0.15) is 10.2 Å². The quantitative estimate of drug-likeness (QED) is 0.0475. The lowest BCUT2D eigenvalue weighted by atomic mass is 10.2. The number of likely N-dealkylation sites (tertiary alicyclic amines) is 1. The van der Waals surface area contributed by atoms with E-state index >= 15 is 0 Å². The number of fused-ring (bicyclic) bond motifs is 2. The van der Waals surface area contributed by atoms with Gasteiger partial charge >= 0.3 is 6.09 Å². The molecule has 93 heavy (non-hydrogen) atoms. The van der Waals surface area contributed by atoms with Crippen molar-refractivity contribution < 1.29 is 38.1 Å². The Bertz CT molecular complexity index is 4220. The summed E-state index contributed by atoms with van der Waals surface area (Å²) in [6.45, 7) is 9.43. The number of carbonyl (C=O) groups excluding carboxylic acids is 3. The minimum atomic E-state index is -0.575. The molecule has 3 amide bonds. The summed E-state index contributed by atoms with van der Waals surface area (Å²) in [4.78, 5) is 62.2. The lowest BCUT2D eigenvalue weighted by Gasteiger charge is -2.24. The van der Waals surface area contributed by atoms with Gasteiger partial charge in [0.25, 0.3) is 11.8 Å². The Morgan fingerprint density at radius 3 is 1.42 bits per heavy atom. The summed E-state index contributed by atoms with van der Waals surface area (Å²) >= 11 is 0. The van der Waals surface area contributed by atoms with Crippen LogP contribution in [0.2, 0.25) is 0 Å². The van der Waals surface area contributed by atoms with Gasteiger partial charge in [0.05, 0.1) is 27.3 Å². The van der Waals surface area contributed by atoms with Gasteiger partial charge in [0.15, 0.2) is 22.9 Å². The Morgan fingerprint density at radius 2 is 1.00 bits per heavy atom. The Kier molecular flexibility index (Phi) is 19.4. The second-order valence-electron chi connectivity index (χ2n) is 23.9. The summed E-state index contributed by atoms with van der Waals surface area (Å²) in [6, 6.07) is 40.8. The van der Waals surface area contributed by atoms with Crippen LogP contribution in [0.25, 0.3) is 22.1 Å². The molecule has 4 aromatic carbocycles. The van der Waals surface area contributed by atoms with Crippen molar-refractivity contribution >= 4 is 74.6 Å². The van der Waals surface area contributed by atoms with Crippen molar-refractivity contribution in [3.05, 3.63) is 181 Å². The highest BCUT2D eigenvalue weighted by Gasteiger charge is 2.32. The molecule has 0 spiro atoms. The number of hydrogen-bond acceptors (Lipinski definition) is 19. The van der Waals surface area contributed by atoms with Crippen molar-refractivity contribution in [1.82, 2.24) is 49.7 Å². The van der Waals surface area contributed by atoms with Crippen LogP contribution >= 0.6 is 0 Å². The van der Waals surface area contributed by atoms with Crippen LogP contribution < -0.4 is 55.3 Å². The van der Waals surface area contributed by atoms with Crippen molar-refractivity contribution in [2.45, 2.75) is 64.4 Å². The SMILES string of the molecule is COc1ccc(Cn2nc(N[C@@H]3CCN(C(=O)OC(C)(C)C)C3)c3c(Oc4ccc(C(=O)Nc5cc(N(C)C)ccn5)cc4)ccnc32)cc1.COc1ccc(Cn2nc(N[C@@H]3CCNC3)c3c(Oc4ccc(C(=O)Nc5cc(N(C)C)ccn5)cc4)ccnc32)cc1. The topological polar surface area (TPSA) is 254 Å². The first-order valence-corrected chi connectivity index (χ1v) is 30.6. The number of nitrogens with one attached hydrogen (secondary N) is 5. The van der Waals surface area contributed by atoms with Crippen LogP contribution in [0.15, 0.2) is 158 Å². The van der Waals surface area contributed by atoms with Gasteiger partial charge in [-0.25, -0.2) is 34.1 Å². The Balaban J connectivity index is 0.000000192. The van der Waals surface area contributed by atoms with Crippen molar-refractivity contribution in [1.29, 1.82) is 0 Å². The van der Waals surface area contributed by atoms with E-state index in [-0.39, 0.29) is 30.0 Å². The number of amides is 3. The Labute approximate surface area is 539 Å². The molecule has 0 unspecified atom stereocenters. The van der Waals surface area contributed by atoms with E-state index in [2.05, 4.69) is 41.5 Å². The predicted molar refractivity (Wildman–Crippen MR) is 360 cm³/mol. The molecule has 0 saturated carbocycles. The van der Waals surface area contributed by atoms with Crippen molar-refractivity contribution in [3.8, 4) is 34.5 Å². The molecule has 0 radical (unpaired) electrons. The second kappa shape index (κ2) is 28.4. The smallest absolute Gasteiger partial charge is 0.410 e. The molecule has 2 fully saturated rings. The maximum atomic E-state index is 13.0. The maximum Gasteiger partial charge on any atom is 0.410 e. The first-order valence-electron chi connectivity index (χ1n) is 30.6. The van der Waals surface area contributed by atoms with E-state index in [1.807, 2.05) is 147 Å². The molecule has 2 aliphatic rings. The van der Waals surface area contributed by atoms with E-state index in [0.717, 1.165) is 71.1 Å². The minimum absolute atomic E-state index is 0.0613. The number of pyridine rings is 4. The van der Waals surface area contributed by atoms with Gasteiger partial charge in [0.1, 0.15) is 62.5 Å². The average Bonchev–Trinajstić information content (AvgIpc) is 1.65. The second-order valence-corrected chi connectivity index (χ2v) is 23.9. The monoisotopic (exact) mass is 1260 g/mol. The fourth-order valence-electron chi connectivity index (χ4n) is 10.6. The zero-order valence-electron chi connectivity index (χ0n) is 53.5. The highest BCUT2D eigenvalue weighted by atomic mass is 16.6. The number of methoxy groups -OCH3 is 2. The summed E-state index contributed by atoms with van der Waals surface area (Å²) in [5.74, 6) is 5.60. The molecule has 6 aromatic heterocycles. The molecule has 2 aliphatic heterocycles. The largest absolute Gasteiger partial charge is 0.497 e. The zero-order valence-corrected chi connectivity index (χ0v) is 53.5. The fraction of sp³-hybridized carbons (Fsp3) is 0.290. The first kappa shape index (κ1) is 63.6. The van der Waals surface area contributed by atoms with Crippen LogP contribution in [0.3, 0.4) is 0 Å². The fourth-order valence-corrected chi connectivity index (χ4v) is 10.6. The van der Waals surface area contributed by atoms with Crippen LogP contribution in [0.4, 0.5) is 39.4 Å². The molecule has 10 aromatic rings. The normalized spacial score (nSPS) is 14.4. The van der Waals surface area contributed by atoms with Crippen molar-refractivity contribution in [2.75, 3.05) is 99.7 Å². The van der Waals surface area contributed by atoms with Crippen LogP contribution in [-0.4, -0.2) is 149 Å². The number of anilines is 6. The maximum absolute atomic E-state index is 13.0. The van der Waals surface area contributed by atoms with E-state index in [0.29, 0.717) is 94.4 Å². The van der Waals surface area contributed by atoms with E-state index < -0.39 is 5.60 Å². The van der Waals surface area contributed by atoms with E-state index in [4.69, 9.17) is 38.9 Å². The van der Waals surface area contributed by atoms with Gasteiger partial charge in [0, 0.05) is 131 Å². The van der Waals surface area contributed by atoms with Crippen LogP contribution in [-0.2, 0) is 17.8 Å². The Morgan fingerprint density at radius 1 is 0.559 bits per heavy atom. The third kappa shape index (κ3) is 16.0. The summed E-state index contributed by atoms with van der Waals surface area (Å²) in [5.41, 5.74) is 5.69. The highest BCUT2D eigenvalue weighted by Crippen LogP contribution is 2.38. The number of benzene rings is 4. The number of ether oxygens (including phenoxy) is 5. The lowest BCUT2D eigenvalue weighted by Crippen LogP contribution is -2.36. The molecule has 0 bridgehead atoms. The van der Waals surface area contributed by atoms with Gasteiger partial charge in [-0.1, -0.05) is 24.3 Å². The number of nitrogens with zero attached hydrogens (tertiary/aromatic N) is 11. The number of rotatable bonds is 20. The van der Waals surface area contributed by atoms with E-state index in [1.54, 1.807) is 98.5 Å². The third-order valence-electron chi connectivity index (χ3n) is 15.4. The molecule has 480 valence electrons. The minimum Gasteiger partial charge on any atom is -0.497 e. The molecular formula is C69H76N16O8. The number of hydrogen-bond donors (Lipinski definition) is 5. The van der Waals surface area contributed by atoms with Gasteiger partial charge < -0.3 is 65.0 Å². The molecule has 8 heterocycles. The van der Waals surface area contributed by atoms with Crippen LogP contribution in [0.1, 0.15) is 65.5 Å². The summed E-state index contributed by atoms with van der Waals surface area (Å²) in [7, 11) is 11.0. The van der Waals surface area contributed by atoms with E-state index in [9.17, 15) is 14.4 Å². The molecule has 0 aliphatic carbocycles. The molecule has 2 saturated heterocycles. The highest BCUT2D eigenvalue weighted by molar-refractivity contribution is 6.05. The summed E-state index contributed by atoms with van der Waals surface area (Å²) in [5, 5.41) is 27.6.